The second kappa shape index (κ2) is 10.8. The van der Waals surface area contributed by atoms with Gasteiger partial charge in [0.05, 0.1) is 0 Å². The maximum atomic E-state index is 11.8. The molecule has 1 amide bonds. The molecular weight excluding hydrogens is 453 g/mol. The van der Waals surface area contributed by atoms with Crippen LogP contribution < -0.4 is 10.6 Å². The van der Waals surface area contributed by atoms with Gasteiger partial charge in [0.1, 0.15) is 0 Å². The van der Waals surface area contributed by atoms with E-state index in [2.05, 4.69) is 31.5 Å². The number of halogens is 1. The predicted octanol–water partition coefficient (Wildman–Crippen LogP) is 1.95. The Balaban J connectivity index is 0.00000261. The molecule has 150 valence electrons. The van der Waals surface area contributed by atoms with Crippen molar-refractivity contribution in [2.45, 2.75) is 31.7 Å². The molecule has 1 aromatic carbocycles. The van der Waals surface area contributed by atoms with Gasteiger partial charge in [0, 0.05) is 45.3 Å². The Morgan fingerprint density at radius 2 is 2.04 bits per heavy atom. The van der Waals surface area contributed by atoms with Crippen molar-refractivity contribution in [3.05, 3.63) is 35.4 Å². The van der Waals surface area contributed by atoms with Crippen molar-refractivity contribution in [1.82, 2.24) is 20.4 Å². The van der Waals surface area contributed by atoms with Crippen LogP contribution in [-0.2, 0) is 6.42 Å². The van der Waals surface area contributed by atoms with Crippen LogP contribution >= 0.6 is 24.0 Å². The maximum absolute atomic E-state index is 11.8. The molecule has 0 aromatic heterocycles. The van der Waals surface area contributed by atoms with Crippen LogP contribution in [0.2, 0.25) is 0 Å². The van der Waals surface area contributed by atoms with Gasteiger partial charge in [0.2, 0.25) is 0 Å². The molecule has 2 aliphatic heterocycles. The summed E-state index contributed by atoms with van der Waals surface area (Å²) in [6.07, 6.45) is 4.79. The third-order valence-electron chi connectivity index (χ3n) is 5.44. The van der Waals surface area contributed by atoms with Gasteiger partial charge in [-0.05, 0) is 56.5 Å². The van der Waals surface area contributed by atoms with Crippen LogP contribution in [0.1, 0.15) is 35.2 Å². The largest absolute Gasteiger partial charge is 0.356 e. The molecule has 6 nitrogen and oxygen atoms in total. The molecular formula is C20H32IN5O. The summed E-state index contributed by atoms with van der Waals surface area (Å²) in [5.74, 6) is 0.954. The average molecular weight is 485 g/mol. The number of amides is 1. The molecule has 1 atom stereocenters. The fraction of sp³-hybridized carbons (Fsp3) is 0.600. The molecule has 0 spiro atoms. The van der Waals surface area contributed by atoms with Crippen molar-refractivity contribution < 1.29 is 4.79 Å². The summed E-state index contributed by atoms with van der Waals surface area (Å²) in [6, 6.07) is 8.49. The third-order valence-corrected chi connectivity index (χ3v) is 5.44. The first-order valence-electron chi connectivity index (χ1n) is 9.72. The highest BCUT2D eigenvalue weighted by Gasteiger charge is 2.30. The fourth-order valence-electron chi connectivity index (χ4n) is 4.00. The smallest absolute Gasteiger partial charge is 0.251 e. The molecule has 0 aliphatic carbocycles. The van der Waals surface area contributed by atoms with Crippen molar-refractivity contribution in [1.29, 1.82) is 0 Å². The standard InChI is InChI=1S/C20H31N5O.HI/c1-21-19(26)17-7-5-6-16(14-17)8-10-23-20(22-2)25-13-9-18(15-25)24-11-3-4-12-24;/h5-7,14,18H,3-4,8-13,15H2,1-2H3,(H,21,26)(H,22,23);1H. The van der Waals surface area contributed by atoms with Crippen molar-refractivity contribution >= 4 is 35.8 Å². The number of likely N-dealkylation sites (tertiary alicyclic amines) is 2. The minimum atomic E-state index is -0.0411. The number of guanidine groups is 1. The molecule has 2 aliphatic rings. The van der Waals surface area contributed by atoms with Gasteiger partial charge in [-0.1, -0.05) is 12.1 Å². The Hall–Kier alpha value is -1.35. The Bertz CT molecular complexity index is 645. The lowest BCUT2D eigenvalue weighted by atomic mass is 10.1. The minimum Gasteiger partial charge on any atom is -0.356 e. The summed E-state index contributed by atoms with van der Waals surface area (Å²) in [7, 11) is 3.52. The predicted molar refractivity (Wildman–Crippen MR) is 121 cm³/mol. The molecule has 2 N–H and O–H groups in total. The highest BCUT2D eigenvalue weighted by molar-refractivity contribution is 14.0. The van der Waals surface area contributed by atoms with E-state index in [0.29, 0.717) is 11.6 Å². The number of benzene rings is 1. The normalized spacial score (nSPS) is 20.4. The van der Waals surface area contributed by atoms with Gasteiger partial charge in [-0.15, -0.1) is 24.0 Å². The average Bonchev–Trinajstić information content (AvgIpc) is 3.36. The number of hydrogen-bond acceptors (Lipinski definition) is 3. The van der Waals surface area contributed by atoms with Gasteiger partial charge in [-0.25, -0.2) is 0 Å². The van der Waals surface area contributed by atoms with Crippen LogP contribution in [0, 0.1) is 0 Å². The number of rotatable bonds is 5. The van der Waals surface area contributed by atoms with Crippen LogP contribution in [0.25, 0.3) is 0 Å². The van der Waals surface area contributed by atoms with E-state index < -0.39 is 0 Å². The van der Waals surface area contributed by atoms with Gasteiger partial charge in [-0.2, -0.15) is 0 Å². The summed E-state index contributed by atoms with van der Waals surface area (Å²) in [6.45, 7) is 5.48. The van der Waals surface area contributed by atoms with E-state index in [1.807, 2.05) is 25.2 Å². The van der Waals surface area contributed by atoms with E-state index in [-0.39, 0.29) is 29.9 Å². The van der Waals surface area contributed by atoms with E-state index in [1.54, 1.807) is 7.05 Å². The van der Waals surface area contributed by atoms with Gasteiger partial charge in [0.25, 0.3) is 5.91 Å². The summed E-state index contributed by atoms with van der Waals surface area (Å²) in [4.78, 5) is 21.2. The molecule has 7 heteroatoms. The van der Waals surface area contributed by atoms with Crippen molar-refractivity contribution in [3.8, 4) is 0 Å². The molecule has 2 saturated heterocycles. The van der Waals surface area contributed by atoms with Gasteiger partial charge < -0.3 is 15.5 Å². The number of nitrogens with one attached hydrogen (secondary N) is 2. The first-order chi connectivity index (χ1) is 12.7. The fourth-order valence-corrected chi connectivity index (χ4v) is 4.00. The van der Waals surface area contributed by atoms with Crippen molar-refractivity contribution in [2.75, 3.05) is 46.8 Å². The number of carbonyl (C=O) groups is 1. The summed E-state index contributed by atoms with van der Waals surface area (Å²) in [5.41, 5.74) is 1.87. The van der Waals surface area contributed by atoms with Crippen molar-refractivity contribution in [3.63, 3.8) is 0 Å². The first kappa shape index (κ1) is 21.9. The second-order valence-electron chi connectivity index (χ2n) is 7.14. The summed E-state index contributed by atoms with van der Waals surface area (Å²) >= 11 is 0. The van der Waals surface area contributed by atoms with Gasteiger partial charge in [-0.3, -0.25) is 14.7 Å². The second-order valence-corrected chi connectivity index (χ2v) is 7.14. The molecule has 0 radical (unpaired) electrons. The highest BCUT2D eigenvalue weighted by atomic mass is 127. The van der Waals surface area contributed by atoms with Crippen LogP contribution in [0.5, 0.6) is 0 Å². The Kier molecular flexibility index (Phi) is 8.82. The molecule has 27 heavy (non-hydrogen) atoms. The molecule has 0 saturated carbocycles. The summed E-state index contributed by atoms with van der Waals surface area (Å²) in [5, 5.41) is 6.16. The van der Waals surface area contributed by atoms with E-state index in [4.69, 9.17) is 0 Å². The monoisotopic (exact) mass is 485 g/mol. The first-order valence-corrected chi connectivity index (χ1v) is 9.72. The SMILES string of the molecule is CN=C(NCCc1cccc(C(=O)NC)c1)N1CCC(N2CCCC2)C1.I. The Labute approximate surface area is 179 Å². The van der Waals surface area contributed by atoms with Crippen LogP contribution in [0.3, 0.4) is 0 Å². The lowest BCUT2D eigenvalue weighted by Crippen LogP contribution is -2.43. The molecule has 2 heterocycles. The summed E-state index contributed by atoms with van der Waals surface area (Å²) < 4.78 is 0. The molecule has 1 aromatic rings. The van der Waals surface area contributed by atoms with Crippen LogP contribution in [0.15, 0.2) is 29.3 Å². The molecule has 2 fully saturated rings. The molecule has 1 unspecified atom stereocenters. The van der Waals surface area contributed by atoms with E-state index in [1.165, 1.54) is 32.4 Å². The van der Waals surface area contributed by atoms with E-state index in [9.17, 15) is 4.79 Å². The highest BCUT2D eigenvalue weighted by Crippen LogP contribution is 2.20. The van der Waals surface area contributed by atoms with Gasteiger partial charge in [0.15, 0.2) is 5.96 Å². The van der Waals surface area contributed by atoms with E-state index in [0.717, 1.165) is 37.6 Å². The number of carbonyl (C=O) groups excluding carboxylic acids is 1. The zero-order valence-electron chi connectivity index (χ0n) is 16.4. The topological polar surface area (TPSA) is 60.0 Å². The maximum Gasteiger partial charge on any atom is 0.251 e. The zero-order valence-corrected chi connectivity index (χ0v) is 18.7. The molecule has 0 bridgehead atoms. The molecule has 3 rings (SSSR count). The van der Waals surface area contributed by atoms with Crippen LogP contribution in [0.4, 0.5) is 0 Å². The number of aliphatic imine (C=N–C) groups is 1. The lowest BCUT2D eigenvalue weighted by molar-refractivity contribution is 0.0963. The van der Waals surface area contributed by atoms with Crippen LogP contribution in [-0.4, -0.2) is 74.5 Å². The minimum absolute atomic E-state index is 0. The Morgan fingerprint density at radius 3 is 2.74 bits per heavy atom. The Morgan fingerprint density at radius 1 is 1.26 bits per heavy atom. The lowest BCUT2D eigenvalue weighted by Gasteiger charge is -2.25. The number of nitrogens with zero attached hydrogens (tertiary/aromatic N) is 3. The quantitative estimate of drug-likeness (QED) is 0.381. The van der Waals surface area contributed by atoms with Crippen molar-refractivity contribution in [2.24, 2.45) is 4.99 Å². The van der Waals surface area contributed by atoms with Gasteiger partial charge >= 0.3 is 0 Å². The van der Waals surface area contributed by atoms with E-state index >= 15 is 0 Å². The zero-order chi connectivity index (χ0) is 18.4. The number of hydrogen-bond donors (Lipinski definition) is 2. The third kappa shape index (κ3) is 5.81.